The van der Waals surface area contributed by atoms with E-state index in [2.05, 4.69) is 10.3 Å². The van der Waals surface area contributed by atoms with Crippen LogP contribution in [0.3, 0.4) is 0 Å². The van der Waals surface area contributed by atoms with Gasteiger partial charge in [0.1, 0.15) is 11.6 Å². The van der Waals surface area contributed by atoms with Crippen molar-refractivity contribution in [3.63, 3.8) is 0 Å². The molecule has 2 aromatic rings. The molecule has 0 radical (unpaired) electrons. The van der Waals surface area contributed by atoms with Crippen molar-refractivity contribution in [2.24, 2.45) is 5.92 Å². The maximum Gasteiger partial charge on any atom is 0.417 e. The largest absolute Gasteiger partial charge is 0.508 e. The average molecular weight is 452 g/mol. The number of carbonyl (C=O) groups is 2. The van der Waals surface area contributed by atoms with Crippen LogP contribution in [0.1, 0.15) is 12.0 Å². The fraction of sp³-hybridized carbons (Fsp3) is 0.381. The zero-order chi connectivity index (χ0) is 23.3. The van der Waals surface area contributed by atoms with Crippen LogP contribution in [0, 0.1) is 5.92 Å². The molecule has 2 heterocycles. The molecular formula is C21H23F3N4O4. The van der Waals surface area contributed by atoms with Crippen LogP contribution >= 0.6 is 0 Å². The van der Waals surface area contributed by atoms with Gasteiger partial charge in [-0.2, -0.15) is 13.2 Å². The summed E-state index contributed by atoms with van der Waals surface area (Å²) in [5.41, 5.74) is -0.440. The van der Waals surface area contributed by atoms with E-state index < -0.39 is 29.5 Å². The lowest BCUT2D eigenvalue weighted by Crippen LogP contribution is -2.49. The molecular weight excluding hydrogens is 429 g/mol. The standard InChI is InChI=1S/C21H23F3N4O4/c22-21(23,24)15-4-5-18(25-12-15)28-8-6-27(7-9-28)13-14(20(31)32)10-19(30)26-16-2-1-3-17(29)11-16/h1-5,11-12,14,29H,6-10,13H2,(H,26,30)(H,31,32)/t14-/m0/s1. The number of carboxylic acid groups (broad SMARTS) is 1. The molecule has 11 heteroatoms. The number of carboxylic acids is 1. The van der Waals surface area contributed by atoms with Crippen LogP contribution in [0.25, 0.3) is 0 Å². The minimum absolute atomic E-state index is 0.0157. The first-order valence-corrected chi connectivity index (χ1v) is 9.94. The highest BCUT2D eigenvalue weighted by atomic mass is 19.4. The minimum Gasteiger partial charge on any atom is -0.508 e. The third kappa shape index (κ3) is 6.33. The van der Waals surface area contributed by atoms with Crippen LogP contribution < -0.4 is 10.2 Å². The Morgan fingerprint density at radius 3 is 2.41 bits per heavy atom. The van der Waals surface area contributed by atoms with Crippen molar-refractivity contribution in [1.29, 1.82) is 0 Å². The van der Waals surface area contributed by atoms with Gasteiger partial charge in [0.25, 0.3) is 0 Å². The Balaban J connectivity index is 1.51. The smallest absolute Gasteiger partial charge is 0.417 e. The van der Waals surface area contributed by atoms with Crippen LogP contribution in [0.4, 0.5) is 24.7 Å². The molecule has 1 aromatic heterocycles. The first kappa shape index (κ1) is 23.3. The Labute approximate surface area is 182 Å². The number of benzene rings is 1. The summed E-state index contributed by atoms with van der Waals surface area (Å²) in [7, 11) is 0. The fourth-order valence-electron chi connectivity index (χ4n) is 3.46. The number of halogens is 3. The molecule has 1 amide bonds. The van der Waals surface area contributed by atoms with Crippen molar-refractivity contribution < 1.29 is 33.0 Å². The number of aromatic hydroxyl groups is 1. The highest BCUT2D eigenvalue weighted by molar-refractivity contribution is 5.93. The molecule has 0 bridgehead atoms. The summed E-state index contributed by atoms with van der Waals surface area (Å²) >= 11 is 0. The van der Waals surface area contributed by atoms with Gasteiger partial charge in [0.15, 0.2) is 0 Å². The van der Waals surface area contributed by atoms with Crippen LogP contribution in [-0.2, 0) is 15.8 Å². The van der Waals surface area contributed by atoms with Crippen molar-refractivity contribution in [3.05, 3.63) is 48.2 Å². The maximum absolute atomic E-state index is 12.7. The summed E-state index contributed by atoms with van der Waals surface area (Å²) in [6, 6.07) is 8.27. The summed E-state index contributed by atoms with van der Waals surface area (Å²) in [6.07, 6.45) is -3.87. The number of nitrogens with one attached hydrogen (secondary N) is 1. The first-order valence-electron chi connectivity index (χ1n) is 9.94. The van der Waals surface area contributed by atoms with Gasteiger partial charge in [-0.1, -0.05) is 6.07 Å². The molecule has 8 nitrogen and oxygen atoms in total. The van der Waals surface area contributed by atoms with E-state index in [4.69, 9.17) is 0 Å². The number of alkyl halides is 3. The second-order valence-electron chi connectivity index (χ2n) is 7.53. The normalized spacial score (nSPS) is 15.9. The molecule has 0 aliphatic carbocycles. The molecule has 3 N–H and O–H groups in total. The number of piperazine rings is 1. The Morgan fingerprint density at radius 1 is 1.12 bits per heavy atom. The number of amides is 1. The molecule has 32 heavy (non-hydrogen) atoms. The Kier molecular flexibility index (Phi) is 7.18. The van der Waals surface area contributed by atoms with Gasteiger partial charge in [-0.3, -0.25) is 14.5 Å². The van der Waals surface area contributed by atoms with Crippen molar-refractivity contribution in [2.45, 2.75) is 12.6 Å². The molecule has 1 aliphatic heterocycles. The van der Waals surface area contributed by atoms with Gasteiger partial charge in [-0.25, -0.2) is 4.98 Å². The Morgan fingerprint density at radius 2 is 1.84 bits per heavy atom. The summed E-state index contributed by atoms with van der Waals surface area (Å²) < 4.78 is 38.0. The van der Waals surface area contributed by atoms with Gasteiger partial charge in [-0.05, 0) is 24.3 Å². The summed E-state index contributed by atoms with van der Waals surface area (Å²) in [5.74, 6) is -2.09. The van der Waals surface area contributed by atoms with Crippen LogP contribution in [0.2, 0.25) is 0 Å². The molecule has 0 unspecified atom stereocenters. The SMILES string of the molecule is O=C(C[C@@H](CN1CCN(c2ccc(C(F)(F)F)cn2)CC1)C(=O)O)Nc1cccc(O)c1. The number of carbonyl (C=O) groups excluding carboxylic acids is 1. The molecule has 0 saturated carbocycles. The quantitative estimate of drug-likeness (QED) is 0.593. The third-order valence-corrected chi connectivity index (χ3v) is 5.16. The van der Waals surface area contributed by atoms with E-state index in [0.717, 1.165) is 12.3 Å². The van der Waals surface area contributed by atoms with E-state index in [1.54, 1.807) is 12.1 Å². The average Bonchev–Trinajstić information content (AvgIpc) is 2.73. The summed E-state index contributed by atoms with van der Waals surface area (Å²) in [4.78, 5) is 31.5. The van der Waals surface area contributed by atoms with Crippen LogP contribution in [-0.4, -0.2) is 64.7 Å². The van der Waals surface area contributed by atoms with E-state index >= 15 is 0 Å². The Bertz CT molecular complexity index is 945. The Hall–Kier alpha value is -3.34. The predicted octanol–water partition coefficient (Wildman–Crippen LogP) is 2.66. The third-order valence-electron chi connectivity index (χ3n) is 5.16. The number of pyridine rings is 1. The number of hydrogen-bond acceptors (Lipinski definition) is 6. The number of phenolic OH excluding ortho intramolecular Hbond substituents is 1. The van der Waals surface area contributed by atoms with Crippen LogP contribution in [0.5, 0.6) is 5.75 Å². The molecule has 172 valence electrons. The lowest BCUT2D eigenvalue weighted by atomic mass is 10.0. The number of aromatic nitrogens is 1. The van der Waals surface area contributed by atoms with Crippen molar-refractivity contribution in [1.82, 2.24) is 9.88 Å². The zero-order valence-electron chi connectivity index (χ0n) is 17.0. The highest BCUT2D eigenvalue weighted by Crippen LogP contribution is 2.29. The molecule has 1 fully saturated rings. The van der Waals surface area contributed by atoms with Gasteiger partial charge in [0.05, 0.1) is 11.5 Å². The molecule has 1 saturated heterocycles. The number of nitrogens with zero attached hydrogens (tertiary/aromatic N) is 3. The van der Waals surface area contributed by atoms with Gasteiger partial charge >= 0.3 is 12.1 Å². The maximum atomic E-state index is 12.7. The van der Waals surface area contributed by atoms with E-state index in [1.165, 1.54) is 18.2 Å². The second kappa shape index (κ2) is 9.86. The molecule has 1 aliphatic rings. The van der Waals surface area contributed by atoms with Gasteiger partial charge in [0.2, 0.25) is 5.91 Å². The number of aliphatic carboxylic acids is 1. The van der Waals surface area contributed by atoms with E-state index in [-0.39, 0.29) is 18.7 Å². The monoisotopic (exact) mass is 452 g/mol. The topological polar surface area (TPSA) is 106 Å². The van der Waals surface area contributed by atoms with E-state index in [1.807, 2.05) is 9.80 Å². The molecule has 3 rings (SSSR count). The van der Waals surface area contributed by atoms with Gasteiger partial charge in [0, 0.05) is 57.1 Å². The van der Waals surface area contributed by atoms with E-state index in [0.29, 0.717) is 37.7 Å². The first-order chi connectivity index (χ1) is 15.1. The lowest BCUT2D eigenvalue weighted by Gasteiger charge is -2.36. The number of anilines is 2. The van der Waals surface area contributed by atoms with Crippen molar-refractivity contribution in [3.8, 4) is 5.75 Å². The van der Waals surface area contributed by atoms with Crippen LogP contribution in [0.15, 0.2) is 42.6 Å². The van der Waals surface area contributed by atoms with Crippen molar-refractivity contribution >= 4 is 23.4 Å². The predicted molar refractivity (Wildman–Crippen MR) is 110 cm³/mol. The molecule has 0 spiro atoms. The zero-order valence-corrected chi connectivity index (χ0v) is 17.0. The van der Waals surface area contributed by atoms with Gasteiger partial charge in [-0.15, -0.1) is 0 Å². The molecule has 1 atom stereocenters. The molecule has 1 aromatic carbocycles. The van der Waals surface area contributed by atoms with Gasteiger partial charge < -0.3 is 20.4 Å². The number of phenols is 1. The highest BCUT2D eigenvalue weighted by Gasteiger charge is 2.31. The van der Waals surface area contributed by atoms with Crippen molar-refractivity contribution in [2.75, 3.05) is 42.9 Å². The minimum atomic E-state index is -4.44. The number of hydrogen-bond donors (Lipinski definition) is 3. The summed E-state index contributed by atoms with van der Waals surface area (Å²) in [6.45, 7) is 2.08. The lowest BCUT2D eigenvalue weighted by molar-refractivity contribution is -0.144. The number of rotatable bonds is 7. The second-order valence-corrected chi connectivity index (χ2v) is 7.53. The summed E-state index contributed by atoms with van der Waals surface area (Å²) in [5, 5.41) is 21.6. The van der Waals surface area contributed by atoms with E-state index in [9.17, 15) is 33.0 Å². The fourth-order valence-corrected chi connectivity index (χ4v) is 3.46.